The van der Waals surface area contributed by atoms with Crippen molar-refractivity contribution in [2.75, 3.05) is 5.32 Å². The maximum atomic E-state index is 11.3. The normalized spacial score (nSPS) is 10.7. The molecule has 1 heterocycles. The van der Waals surface area contributed by atoms with E-state index >= 15 is 0 Å². The van der Waals surface area contributed by atoms with Crippen LogP contribution in [0.2, 0.25) is 5.02 Å². The first kappa shape index (κ1) is 13.8. The van der Waals surface area contributed by atoms with Crippen LogP contribution in [0.15, 0.2) is 41.9 Å². The molecule has 0 aliphatic carbocycles. The van der Waals surface area contributed by atoms with Crippen LogP contribution in [0.1, 0.15) is 5.56 Å². The molecule has 3 aromatic rings. The average Bonchev–Trinajstić information content (AvgIpc) is 2.92. The molecule has 0 aliphatic heterocycles. The fourth-order valence-electron chi connectivity index (χ4n) is 2.09. The van der Waals surface area contributed by atoms with E-state index in [1.165, 1.54) is 11.3 Å². The van der Waals surface area contributed by atoms with Gasteiger partial charge in [-0.15, -0.1) is 11.3 Å². The lowest BCUT2D eigenvalue weighted by Crippen LogP contribution is -2.03. The Kier molecular flexibility index (Phi) is 3.72. The standard InChI is InChI=1S/C14H10ClN3O2S/c15-10-3-1-2-9(6-10)7-16-11-4-5-12-13(17-8-21-12)14(11)18(19)20/h1-6,8,16H,7H2. The van der Waals surface area contributed by atoms with Crippen molar-refractivity contribution in [2.45, 2.75) is 6.54 Å². The Labute approximate surface area is 129 Å². The van der Waals surface area contributed by atoms with E-state index in [9.17, 15) is 10.1 Å². The van der Waals surface area contributed by atoms with Gasteiger partial charge >= 0.3 is 5.69 Å². The molecule has 0 unspecified atom stereocenters. The van der Waals surface area contributed by atoms with Gasteiger partial charge in [0.25, 0.3) is 0 Å². The number of nitro benzene ring substituents is 1. The molecule has 7 heteroatoms. The van der Waals surface area contributed by atoms with E-state index in [1.807, 2.05) is 24.3 Å². The molecule has 21 heavy (non-hydrogen) atoms. The highest BCUT2D eigenvalue weighted by Gasteiger charge is 2.20. The Morgan fingerprint density at radius 1 is 1.33 bits per heavy atom. The number of hydrogen-bond donors (Lipinski definition) is 1. The van der Waals surface area contributed by atoms with Crippen LogP contribution in [0.4, 0.5) is 11.4 Å². The van der Waals surface area contributed by atoms with Crippen LogP contribution in [-0.2, 0) is 6.54 Å². The summed E-state index contributed by atoms with van der Waals surface area (Å²) in [6.45, 7) is 0.455. The Morgan fingerprint density at radius 3 is 2.95 bits per heavy atom. The van der Waals surface area contributed by atoms with Gasteiger partial charge in [-0.3, -0.25) is 10.1 Å². The molecule has 0 amide bonds. The largest absolute Gasteiger partial charge is 0.375 e. The monoisotopic (exact) mass is 319 g/mol. The van der Waals surface area contributed by atoms with Gasteiger partial charge in [-0.2, -0.15) is 0 Å². The van der Waals surface area contributed by atoms with Gasteiger partial charge in [0.15, 0.2) is 5.52 Å². The van der Waals surface area contributed by atoms with Crippen LogP contribution in [0.3, 0.4) is 0 Å². The van der Waals surface area contributed by atoms with Gasteiger partial charge in [-0.25, -0.2) is 4.98 Å². The zero-order valence-electron chi connectivity index (χ0n) is 10.7. The molecule has 0 saturated carbocycles. The molecule has 2 aromatic carbocycles. The molecule has 0 bridgehead atoms. The summed E-state index contributed by atoms with van der Waals surface area (Å²) in [5.41, 5.74) is 3.45. The van der Waals surface area contributed by atoms with Gasteiger partial charge in [0.1, 0.15) is 5.69 Å². The van der Waals surface area contributed by atoms with Crippen molar-refractivity contribution in [1.29, 1.82) is 0 Å². The zero-order chi connectivity index (χ0) is 14.8. The van der Waals surface area contributed by atoms with Crippen molar-refractivity contribution in [2.24, 2.45) is 0 Å². The Balaban J connectivity index is 1.93. The van der Waals surface area contributed by atoms with Crippen molar-refractivity contribution in [3.05, 3.63) is 62.6 Å². The van der Waals surface area contributed by atoms with Crippen LogP contribution >= 0.6 is 22.9 Å². The second kappa shape index (κ2) is 5.67. The van der Waals surface area contributed by atoms with Gasteiger partial charge in [-0.05, 0) is 29.8 Å². The Bertz CT molecular complexity index is 819. The van der Waals surface area contributed by atoms with Gasteiger partial charge in [-0.1, -0.05) is 23.7 Å². The van der Waals surface area contributed by atoms with E-state index < -0.39 is 4.92 Å². The molecule has 0 fully saturated rings. The van der Waals surface area contributed by atoms with E-state index in [0.717, 1.165) is 10.3 Å². The van der Waals surface area contributed by atoms with Crippen LogP contribution in [0.25, 0.3) is 10.2 Å². The SMILES string of the molecule is O=[N+]([O-])c1c(NCc2cccc(Cl)c2)ccc2scnc12. The highest BCUT2D eigenvalue weighted by molar-refractivity contribution is 7.16. The van der Waals surface area contributed by atoms with Crippen LogP contribution < -0.4 is 5.32 Å². The van der Waals surface area contributed by atoms with Crippen molar-refractivity contribution in [1.82, 2.24) is 4.98 Å². The second-order valence-electron chi connectivity index (χ2n) is 4.40. The van der Waals surface area contributed by atoms with Gasteiger partial charge < -0.3 is 5.32 Å². The summed E-state index contributed by atoms with van der Waals surface area (Å²) >= 11 is 7.31. The second-order valence-corrected chi connectivity index (χ2v) is 5.72. The molecule has 0 radical (unpaired) electrons. The predicted octanol–water partition coefficient (Wildman–Crippen LogP) is 4.47. The molecule has 1 N–H and O–H groups in total. The van der Waals surface area contributed by atoms with Gasteiger partial charge in [0.2, 0.25) is 0 Å². The number of anilines is 1. The first-order chi connectivity index (χ1) is 10.1. The lowest BCUT2D eigenvalue weighted by Gasteiger charge is -2.08. The van der Waals surface area contributed by atoms with Gasteiger partial charge in [0, 0.05) is 11.6 Å². The summed E-state index contributed by atoms with van der Waals surface area (Å²) in [6, 6.07) is 10.9. The minimum atomic E-state index is -0.400. The van der Waals surface area contributed by atoms with Gasteiger partial charge in [0.05, 0.1) is 15.1 Å². The van der Waals surface area contributed by atoms with Crippen molar-refractivity contribution in [3.8, 4) is 0 Å². The first-order valence-corrected chi connectivity index (χ1v) is 7.40. The molecule has 1 aromatic heterocycles. The van der Waals surface area contributed by atoms with Crippen LogP contribution in [-0.4, -0.2) is 9.91 Å². The number of nitrogens with zero attached hydrogens (tertiary/aromatic N) is 2. The minimum absolute atomic E-state index is 0.00998. The van der Waals surface area contributed by atoms with E-state index in [2.05, 4.69) is 10.3 Å². The fourth-order valence-corrected chi connectivity index (χ4v) is 2.98. The average molecular weight is 320 g/mol. The highest BCUT2D eigenvalue weighted by Crippen LogP contribution is 2.34. The number of benzene rings is 2. The topological polar surface area (TPSA) is 68.1 Å². The van der Waals surface area contributed by atoms with Crippen molar-refractivity contribution < 1.29 is 4.92 Å². The summed E-state index contributed by atoms with van der Waals surface area (Å²) in [4.78, 5) is 15.0. The molecular weight excluding hydrogens is 310 g/mol. The van der Waals surface area contributed by atoms with Crippen LogP contribution in [0, 0.1) is 10.1 Å². The van der Waals surface area contributed by atoms with E-state index in [-0.39, 0.29) is 5.69 Å². The molecule has 0 aliphatic rings. The maximum absolute atomic E-state index is 11.3. The lowest BCUT2D eigenvalue weighted by atomic mass is 10.2. The number of aromatic nitrogens is 1. The van der Waals surface area contributed by atoms with E-state index in [1.54, 1.807) is 17.6 Å². The highest BCUT2D eigenvalue weighted by atomic mass is 35.5. The molecule has 0 atom stereocenters. The third-order valence-corrected chi connectivity index (χ3v) is 4.06. The zero-order valence-corrected chi connectivity index (χ0v) is 12.3. The first-order valence-electron chi connectivity index (χ1n) is 6.14. The smallest absolute Gasteiger partial charge is 0.319 e. The summed E-state index contributed by atoms with van der Waals surface area (Å²) in [5, 5.41) is 15.0. The quantitative estimate of drug-likeness (QED) is 0.569. The third-order valence-electron chi connectivity index (χ3n) is 3.03. The molecular formula is C14H10ClN3O2S. The third kappa shape index (κ3) is 2.81. The Hall–Kier alpha value is -2.18. The molecule has 0 saturated heterocycles. The summed E-state index contributed by atoms with van der Waals surface area (Å²) in [7, 11) is 0. The lowest BCUT2D eigenvalue weighted by molar-refractivity contribution is -0.382. The number of hydrogen-bond acceptors (Lipinski definition) is 5. The predicted molar refractivity (Wildman–Crippen MR) is 85.1 cm³/mol. The summed E-state index contributed by atoms with van der Waals surface area (Å²) in [5.74, 6) is 0. The van der Waals surface area contributed by atoms with Crippen molar-refractivity contribution in [3.63, 3.8) is 0 Å². The Morgan fingerprint density at radius 2 is 2.19 bits per heavy atom. The summed E-state index contributed by atoms with van der Waals surface area (Å²) in [6.07, 6.45) is 0. The number of nitrogens with one attached hydrogen (secondary N) is 1. The molecule has 5 nitrogen and oxygen atoms in total. The molecule has 0 spiro atoms. The minimum Gasteiger partial charge on any atom is -0.375 e. The summed E-state index contributed by atoms with van der Waals surface area (Å²) < 4.78 is 0.801. The number of fused-ring (bicyclic) bond motifs is 1. The van der Waals surface area contributed by atoms with Crippen LogP contribution in [0.5, 0.6) is 0 Å². The molecule has 106 valence electrons. The number of thiazole rings is 1. The van der Waals surface area contributed by atoms with E-state index in [0.29, 0.717) is 22.8 Å². The van der Waals surface area contributed by atoms with Crippen molar-refractivity contribution >= 4 is 44.5 Å². The number of halogens is 1. The maximum Gasteiger partial charge on any atom is 0.319 e. The number of nitro groups is 1. The number of rotatable bonds is 4. The van der Waals surface area contributed by atoms with E-state index in [4.69, 9.17) is 11.6 Å². The molecule has 3 rings (SSSR count). The fraction of sp³-hybridized carbons (Fsp3) is 0.0714.